The summed E-state index contributed by atoms with van der Waals surface area (Å²) >= 11 is 0. The summed E-state index contributed by atoms with van der Waals surface area (Å²) in [6.07, 6.45) is 2.91. The molecule has 0 atom stereocenters. The van der Waals surface area contributed by atoms with Crippen LogP contribution >= 0.6 is 0 Å². The maximum Gasteiger partial charge on any atom is 0.495 e. The molecule has 3 rings (SSSR count). The molecule has 0 saturated carbocycles. The van der Waals surface area contributed by atoms with Gasteiger partial charge in [-0.3, -0.25) is 4.79 Å². The number of carbonyl (C=O) groups excluding carboxylic acids is 1. The van der Waals surface area contributed by atoms with Crippen molar-refractivity contribution in [1.82, 2.24) is 0 Å². The molecule has 1 aliphatic heterocycles. The van der Waals surface area contributed by atoms with Gasteiger partial charge in [0, 0.05) is 11.6 Å². The van der Waals surface area contributed by atoms with E-state index in [1.807, 2.05) is 52.0 Å². The molecule has 2 aromatic carbocycles. The Bertz CT molecular complexity index is 846. The van der Waals surface area contributed by atoms with Crippen LogP contribution in [0.3, 0.4) is 0 Å². The SMILES string of the molecule is CCCCOc1cccc(Oc2ccc(C=O)c(B3OC(C)(C)C(C)(C)O3)c2)c1. The van der Waals surface area contributed by atoms with Gasteiger partial charge in [-0.15, -0.1) is 0 Å². The smallest absolute Gasteiger partial charge is 0.493 e. The van der Waals surface area contributed by atoms with Gasteiger partial charge in [-0.2, -0.15) is 0 Å². The molecule has 0 aromatic heterocycles. The van der Waals surface area contributed by atoms with E-state index < -0.39 is 18.3 Å². The maximum atomic E-state index is 11.6. The number of ether oxygens (including phenoxy) is 2. The molecule has 6 heteroatoms. The lowest BCUT2D eigenvalue weighted by Gasteiger charge is -2.32. The van der Waals surface area contributed by atoms with E-state index in [9.17, 15) is 4.79 Å². The van der Waals surface area contributed by atoms with Gasteiger partial charge in [0.05, 0.1) is 17.8 Å². The van der Waals surface area contributed by atoms with E-state index in [0.29, 0.717) is 29.1 Å². The van der Waals surface area contributed by atoms with Crippen LogP contribution in [0.1, 0.15) is 57.8 Å². The van der Waals surface area contributed by atoms with Crippen molar-refractivity contribution in [2.75, 3.05) is 6.61 Å². The Balaban J connectivity index is 1.81. The molecular formula is C23H29BO5. The van der Waals surface area contributed by atoms with Crippen molar-refractivity contribution in [1.29, 1.82) is 0 Å². The monoisotopic (exact) mass is 396 g/mol. The first kappa shape index (κ1) is 21.4. The van der Waals surface area contributed by atoms with Crippen LogP contribution in [0.4, 0.5) is 0 Å². The molecule has 2 aromatic rings. The molecular weight excluding hydrogens is 367 g/mol. The fourth-order valence-corrected chi connectivity index (χ4v) is 3.00. The Labute approximate surface area is 173 Å². The van der Waals surface area contributed by atoms with E-state index in [4.69, 9.17) is 18.8 Å². The van der Waals surface area contributed by atoms with E-state index in [2.05, 4.69) is 6.92 Å². The highest BCUT2D eigenvalue weighted by Crippen LogP contribution is 2.37. The van der Waals surface area contributed by atoms with Gasteiger partial charge in [0.1, 0.15) is 23.5 Å². The number of hydrogen-bond donors (Lipinski definition) is 0. The van der Waals surface area contributed by atoms with Gasteiger partial charge in [0.2, 0.25) is 0 Å². The third kappa shape index (κ3) is 4.82. The number of hydrogen-bond acceptors (Lipinski definition) is 5. The molecule has 0 spiro atoms. The van der Waals surface area contributed by atoms with Gasteiger partial charge in [-0.1, -0.05) is 19.4 Å². The van der Waals surface area contributed by atoms with Crippen LogP contribution in [0.15, 0.2) is 42.5 Å². The number of benzene rings is 2. The van der Waals surface area contributed by atoms with E-state index in [1.165, 1.54) is 0 Å². The van der Waals surface area contributed by atoms with Crippen LogP contribution in [0.5, 0.6) is 17.2 Å². The molecule has 29 heavy (non-hydrogen) atoms. The van der Waals surface area contributed by atoms with Crippen molar-refractivity contribution in [3.8, 4) is 17.2 Å². The second kappa shape index (κ2) is 8.60. The van der Waals surface area contributed by atoms with Crippen molar-refractivity contribution < 1.29 is 23.6 Å². The average molecular weight is 396 g/mol. The lowest BCUT2D eigenvalue weighted by Crippen LogP contribution is -2.41. The largest absolute Gasteiger partial charge is 0.495 e. The zero-order valence-electron chi connectivity index (χ0n) is 17.9. The van der Waals surface area contributed by atoms with Gasteiger partial charge in [-0.05, 0) is 69.9 Å². The topological polar surface area (TPSA) is 54.0 Å². The molecule has 0 amide bonds. The Morgan fingerprint density at radius 3 is 2.28 bits per heavy atom. The first-order valence-electron chi connectivity index (χ1n) is 10.1. The summed E-state index contributed by atoms with van der Waals surface area (Å²) < 4.78 is 24.0. The van der Waals surface area contributed by atoms with E-state index in [1.54, 1.807) is 18.2 Å². The fourth-order valence-electron chi connectivity index (χ4n) is 3.00. The zero-order valence-corrected chi connectivity index (χ0v) is 17.9. The average Bonchev–Trinajstić information content (AvgIpc) is 2.89. The Kier molecular flexibility index (Phi) is 6.34. The number of carbonyl (C=O) groups is 1. The van der Waals surface area contributed by atoms with E-state index in [0.717, 1.165) is 24.9 Å². The molecule has 0 radical (unpaired) electrons. The molecule has 0 unspecified atom stereocenters. The van der Waals surface area contributed by atoms with Gasteiger partial charge >= 0.3 is 7.12 Å². The van der Waals surface area contributed by atoms with Crippen molar-refractivity contribution in [3.05, 3.63) is 48.0 Å². The third-order valence-electron chi connectivity index (χ3n) is 5.50. The molecule has 0 bridgehead atoms. The Morgan fingerprint density at radius 2 is 1.62 bits per heavy atom. The lowest BCUT2D eigenvalue weighted by atomic mass is 9.76. The van der Waals surface area contributed by atoms with Gasteiger partial charge < -0.3 is 18.8 Å². The van der Waals surface area contributed by atoms with Crippen molar-refractivity contribution >= 4 is 18.9 Å². The number of unbranched alkanes of at least 4 members (excludes halogenated alkanes) is 1. The summed E-state index contributed by atoms with van der Waals surface area (Å²) in [6.45, 7) is 10.7. The highest BCUT2D eigenvalue weighted by Gasteiger charge is 2.52. The molecule has 1 fully saturated rings. The Morgan fingerprint density at radius 1 is 0.966 bits per heavy atom. The molecule has 1 saturated heterocycles. The molecule has 5 nitrogen and oxygen atoms in total. The fraction of sp³-hybridized carbons (Fsp3) is 0.435. The van der Waals surface area contributed by atoms with Crippen molar-refractivity contribution in [2.45, 2.75) is 58.7 Å². The zero-order chi connectivity index (χ0) is 21.1. The summed E-state index contributed by atoms with van der Waals surface area (Å²) in [5.41, 5.74) is 0.205. The third-order valence-corrected chi connectivity index (χ3v) is 5.50. The summed E-state index contributed by atoms with van der Waals surface area (Å²) in [5.74, 6) is 2.04. The Hall–Kier alpha value is -2.31. The predicted octanol–water partition coefficient (Wildman–Crippen LogP) is 4.77. The van der Waals surface area contributed by atoms with Crippen molar-refractivity contribution in [3.63, 3.8) is 0 Å². The van der Waals surface area contributed by atoms with Crippen LogP contribution in [0.25, 0.3) is 0 Å². The van der Waals surface area contributed by atoms with E-state index >= 15 is 0 Å². The number of aldehydes is 1. The van der Waals surface area contributed by atoms with Gasteiger partial charge in [0.15, 0.2) is 0 Å². The lowest BCUT2D eigenvalue weighted by molar-refractivity contribution is 0.00578. The first-order chi connectivity index (χ1) is 13.8. The number of rotatable bonds is 8. The standard InChI is InChI=1S/C23H29BO5/c1-6-7-13-26-18-9-8-10-19(14-18)27-20-12-11-17(16-25)21(15-20)24-28-22(2,3)23(4,5)29-24/h8-12,14-16H,6-7,13H2,1-5H3. The summed E-state index contributed by atoms with van der Waals surface area (Å²) in [5, 5.41) is 0. The molecule has 0 N–H and O–H groups in total. The summed E-state index contributed by atoms with van der Waals surface area (Å²) in [7, 11) is -0.632. The quantitative estimate of drug-likeness (QED) is 0.366. The van der Waals surface area contributed by atoms with Gasteiger partial charge in [0.25, 0.3) is 0 Å². The minimum Gasteiger partial charge on any atom is -0.493 e. The molecule has 154 valence electrons. The summed E-state index contributed by atoms with van der Waals surface area (Å²) in [6, 6.07) is 12.8. The van der Waals surface area contributed by atoms with Crippen LogP contribution < -0.4 is 14.9 Å². The second-order valence-electron chi connectivity index (χ2n) is 8.28. The van der Waals surface area contributed by atoms with Crippen LogP contribution in [-0.2, 0) is 9.31 Å². The minimum absolute atomic E-state index is 0.487. The molecule has 1 aliphatic rings. The maximum absolute atomic E-state index is 11.6. The molecule has 1 heterocycles. The predicted molar refractivity (Wildman–Crippen MR) is 114 cm³/mol. The minimum atomic E-state index is -0.632. The summed E-state index contributed by atoms with van der Waals surface area (Å²) in [4.78, 5) is 11.6. The molecule has 0 aliphatic carbocycles. The van der Waals surface area contributed by atoms with Gasteiger partial charge in [-0.25, -0.2) is 0 Å². The highest BCUT2D eigenvalue weighted by molar-refractivity contribution is 6.63. The highest BCUT2D eigenvalue weighted by atomic mass is 16.7. The van der Waals surface area contributed by atoms with Crippen molar-refractivity contribution in [2.24, 2.45) is 0 Å². The second-order valence-corrected chi connectivity index (χ2v) is 8.28. The van der Waals surface area contributed by atoms with E-state index in [-0.39, 0.29) is 0 Å². The van der Waals surface area contributed by atoms with Crippen LogP contribution in [0, 0.1) is 0 Å². The van der Waals surface area contributed by atoms with Crippen LogP contribution in [-0.4, -0.2) is 31.2 Å². The first-order valence-corrected chi connectivity index (χ1v) is 10.1. The van der Waals surface area contributed by atoms with Crippen LogP contribution in [0.2, 0.25) is 0 Å². The normalized spacial score (nSPS) is 17.2.